The minimum Gasteiger partial charge on any atom is -0.323 e. The zero-order chi connectivity index (χ0) is 22.4. The monoisotopic (exact) mass is 459 g/mol. The number of hydrogen-bond acceptors (Lipinski definition) is 6. The number of nitrogens with zero attached hydrogens (tertiary/aromatic N) is 1. The van der Waals surface area contributed by atoms with Gasteiger partial charge in [-0.2, -0.15) is 0 Å². The maximum Gasteiger partial charge on any atom is 0.289 e. The summed E-state index contributed by atoms with van der Waals surface area (Å²) in [5.41, 5.74) is 2.03. The van der Waals surface area contributed by atoms with E-state index in [1.807, 2.05) is 0 Å². The van der Waals surface area contributed by atoms with Crippen LogP contribution in [0.4, 0.5) is 10.5 Å². The van der Waals surface area contributed by atoms with E-state index in [4.69, 9.17) is 0 Å². The van der Waals surface area contributed by atoms with Gasteiger partial charge in [0.15, 0.2) is 0 Å². The molecule has 10 heteroatoms. The molecule has 0 aromatic heterocycles. The lowest BCUT2D eigenvalue weighted by atomic mass is 10.2. The Balaban J connectivity index is 1.56. The van der Waals surface area contributed by atoms with Crippen LogP contribution in [0.1, 0.15) is 18.1 Å². The molecule has 162 valence electrons. The number of imide groups is 1. The van der Waals surface area contributed by atoms with Crippen LogP contribution in [0.25, 0.3) is 6.08 Å². The highest BCUT2D eigenvalue weighted by atomic mass is 32.2. The minimum absolute atomic E-state index is 0.159. The molecule has 0 atom stereocenters. The second-order valence-corrected chi connectivity index (χ2v) is 9.32. The summed E-state index contributed by atoms with van der Waals surface area (Å²) in [5, 5.41) is 2.47. The Kier molecular flexibility index (Phi) is 7.26. The molecule has 0 bridgehead atoms. The van der Waals surface area contributed by atoms with Crippen LogP contribution in [0, 0.1) is 0 Å². The lowest BCUT2D eigenvalue weighted by Gasteiger charge is -2.13. The van der Waals surface area contributed by atoms with Crippen LogP contribution in [0.3, 0.4) is 0 Å². The first-order chi connectivity index (χ1) is 14.8. The summed E-state index contributed by atoms with van der Waals surface area (Å²) >= 11 is 0.992. The number of amides is 3. The van der Waals surface area contributed by atoms with Crippen molar-refractivity contribution >= 4 is 50.6 Å². The molecule has 1 heterocycles. The third kappa shape index (κ3) is 6.03. The van der Waals surface area contributed by atoms with E-state index >= 15 is 0 Å². The second kappa shape index (κ2) is 9.90. The fourth-order valence-corrected chi connectivity index (χ4v) is 4.56. The fourth-order valence-electron chi connectivity index (χ4n) is 2.80. The lowest BCUT2D eigenvalue weighted by Crippen LogP contribution is -2.27. The van der Waals surface area contributed by atoms with E-state index in [2.05, 4.69) is 10.0 Å². The van der Waals surface area contributed by atoms with Crippen molar-refractivity contribution in [3.8, 4) is 0 Å². The van der Waals surface area contributed by atoms with Crippen LogP contribution in [0.2, 0.25) is 0 Å². The Labute approximate surface area is 184 Å². The molecule has 0 aliphatic carbocycles. The van der Waals surface area contributed by atoms with Crippen molar-refractivity contribution in [3.05, 3.63) is 65.7 Å². The van der Waals surface area contributed by atoms with Crippen LogP contribution in [0.5, 0.6) is 0 Å². The van der Waals surface area contributed by atoms with Crippen LogP contribution in [-0.4, -0.2) is 42.7 Å². The third-order valence-corrected chi connectivity index (χ3v) is 6.77. The molecule has 0 spiro atoms. The summed E-state index contributed by atoms with van der Waals surface area (Å²) < 4.78 is 26.3. The molecule has 1 aliphatic rings. The molecule has 0 saturated carbocycles. The van der Waals surface area contributed by atoms with Crippen molar-refractivity contribution in [2.75, 3.05) is 17.6 Å². The maximum absolute atomic E-state index is 12.1. The van der Waals surface area contributed by atoms with Crippen LogP contribution in [0.15, 0.2) is 59.5 Å². The van der Waals surface area contributed by atoms with E-state index in [9.17, 15) is 22.8 Å². The third-order valence-electron chi connectivity index (χ3n) is 4.35. The number of thioether (sulfide) groups is 1. The summed E-state index contributed by atoms with van der Waals surface area (Å²) in [7, 11) is -3.51. The van der Waals surface area contributed by atoms with Gasteiger partial charge >= 0.3 is 0 Å². The molecule has 8 nitrogen and oxygen atoms in total. The molecule has 3 amide bonds. The quantitative estimate of drug-likeness (QED) is 0.587. The molecule has 1 aliphatic heterocycles. The topological polar surface area (TPSA) is 113 Å². The van der Waals surface area contributed by atoms with Crippen molar-refractivity contribution in [1.82, 2.24) is 9.62 Å². The number of rotatable bonds is 8. The van der Waals surface area contributed by atoms with Crippen molar-refractivity contribution < 1.29 is 22.8 Å². The molecule has 2 aromatic carbocycles. The first-order valence-corrected chi connectivity index (χ1v) is 11.9. The number of nitrogens with one attached hydrogen (secondary N) is 2. The Hall–Kier alpha value is -2.95. The van der Waals surface area contributed by atoms with Crippen LogP contribution >= 0.6 is 11.8 Å². The normalized spacial score (nSPS) is 14.4. The SMILES string of the molecule is CCNS(=O)(=O)c1ccc(/C=C/C(=O)Nc2ccc(CN3C(=O)CSC3=O)cc2)cc1. The summed E-state index contributed by atoms with van der Waals surface area (Å²) in [6.07, 6.45) is 2.93. The first kappa shape index (κ1) is 22.7. The maximum atomic E-state index is 12.1. The van der Waals surface area contributed by atoms with E-state index < -0.39 is 10.0 Å². The van der Waals surface area contributed by atoms with E-state index in [1.165, 1.54) is 23.1 Å². The highest BCUT2D eigenvalue weighted by molar-refractivity contribution is 8.14. The van der Waals surface area contributed by atoms with Crippen molar-refractivity contribution in [2.45, 2.75) is 18.4 Å². The van der Waals surface area contributed by atoms with Crippen molar-refractivity contribution in [2.24, 2.45) is 0 Å². The van der Waals surface area contributed by atoms with E-state index in [1.54, 1.807) is 49.4 Å². The van der Waals surface area contributed by atoms with Crippen LogP contribution in [-0.2, 0) is 26.2 Å². The molecule has 2 aromatic rings. The van der Waals surface area contributed by atoms with Gasteiger partial charge < -0.3 is 5.32 Å². The van der Waals surface area contributed by atoms with Crippen molar-refractivity contribution in [3.63, 3.8) is 0 Å². The predicted molar refractivity (Wildman–Crippen MR) is 120 cm³/mol. The first-order valence-electron chi connectivity index (χ1n) is 9.43. The summed E-state index contributed by atoms with van der Waals surface area (Å²) in [4.78, 5) is 36.8. The average Bonchev–Trinajstić information content (AvgIpc) is 3.06. The van der Waals surface area contributed by atoms with Gasteiger partial charge in [-0.25, -0.2) is 13.1 Å². The van der Waals surface area contributed by atoms with Crippen molar-refractivity contribution in [1.29, 1.82) is 0 Å². The van der Waals surface area contributed by atoms with Gasteiger partial charge in [-0.15, -0.1) is 0 Å². The molecule has 3 rings (SSSR count). The standard InChI is InChI=1S/C21H21N3O5S2/c1-2-22-31(28,29)18-10-5-15(6-11-18)7-12-19(25)23-17-8-3-16(4-9-17)13-24-20(26)14-30-21(24)27/h3-12,22H,2,13-14H2,1H3,(H,23,25)/b12-7+. The largest absolute Gasteiger partial charge is 0.323 e. The Bertz CT molecular complexity index is 1090. The van der Waals surface area contributed by atoms with Gasteiger partial charge in [0.2, 0.25) is 21.8 Å². The molecule has 2 N–H and O–H groups in total. The molecule has 0 radical (unpaired) electrons. The lowest BCUT2D eigenvalue weighted by molar-refractivity contribution is -0.125. The molecule has 1 fully saturated rings. The zero-order valence-corrected chi connectivity index (χ0v) is 18.3. The van der Waals surface area contributed by atoms with Gasteiger partial charge in [0.1, 0.15) is 0 Å². The number of benzene rings is 2. The molecular weight excluding hydrogens is 438 g/mol. The highest BCUT2D eigenvalue weighted by Crippen LogP contribution is 2.22. The van der Waals surface area contributed by atoms with Gasteiger partial charge in [-0.1, -0.05) is 43.0 Å². The van der Waals surface area contributed by atoms with Gasteiger partial charge in [0, 0.05) is 18.3 Å². The number of hydrogen-bond donors (Lipinski definition) is 2. The summed E-state index contributed by atoms with van der Waals surface area (Å²) in [5.74, 6) is -0.379. The Morgan fingerprint density at radius 3 is 2.35 bits per heavy atom. The van der Waals surface area contributed by atoms with Crippen LogP contribution < -0.4 is 10.0 Å². The van der Waals surface area contributed by atoms with Gasteiger partial charge in [-0.05, 0) is 41.5 Å². The van der Waals surface area contributed by atoms with Gasteiger partial charge in [-0.3, -0.25) is 19.3 Å². The Morgan fingerprint density at radius 2 is 1.77 bits per heavy atom. The molecule has 1 saturated heterocycles. The highest BCUT2D eigenvalue weighted by Gasteiger charge is 2.29. The number of sulfonamides is 1. The predicted octanol–water partition coefficient (Wildman–Crippen LogP) is 2.83. The van der Waals surface area contributed by atoms with Gasteiger partial charge in [0.05, 0.1) is 17.2 Å². The Morgan fingerprint density at radius 1 is 1.10 bits per heavy atom. The zero-order valence-electron chi connectivity index (χ0n) is 16.7. The smallest absolute Gasteiger partial charge is 0.289 e. The minimum atomic E-state index is -3.51. The fraction of sp³-hybridized carbons (Fsp3) is 0.190. The molecule has 0 unspecified atom stereocenters. The van der Waals surface area contributed by atoms with Gasteiger partial charge in [0.25, 0.3) is 5.24 Å². The second-order valence-electron chi connectivity index (χ2n) is 6.62. The summed E-state index contributed by atoms with van der Waals surface area (Å²) in [6, 6.07) is 13.0. The number of carbonyl (C=O) groups is 3. The number of anilines is 1. The number of carbonyl (C=O) groups excluding carboxylic acids is 3. The van der Waals surface area contributed by atoms with E-state index in [0.29, 0.717) is 17.8 Å². The summed E-state index contributed by atoms with van der Waals surface area (Å²) in [6.45, 7) is 2.21. The average molecular weight is 460 g/mol. The van der Waals surface area contributed by atoms with E-state index in [-0.39, 0.29) is 34.2 Å². The molecular formula is C21H21N3O5S2. The molecule has 31 heavy (non-hydrogen) atoms. The van der Waals surface area contributed by atoms with E-state index in [0.717, 1.165) is 17.3 Å².